The van der Waals surface area contributed by atoms with Gasteiger partial charge in [-0.1, -0.05) is 6.07 Å². The van der Waals surface area contributed by atoms with Crippen molar-refractivity contribution in [1.29, 1.82) is 10.8 Å². The Labute approximate surface area is 200 Å². The average Bonchev–Trinajstić information content (AvgIpc) is 3.31. The molecule has 1 saturated heterocycles. The van der Waals surface area contributed by atoms with Crippen LogP contribution in [0.5, 0.6) is 0 Å². The Morgan fingerprint density at radius 1 is 1.26 bits per heavy atom. The third kappa shape index (κ3) is 5.24. The van der Waals surface area contributed by atoms with Crippen LogP contribution in [-0.4, -0.2) is 59.7 Å². The zero-order chi connectivity index (χ0) is 25.2. The van der Waals surface area contributed by atoms with Crippen LogP contribution in [0.2, 0.25) is 0 Å². The van der Waals surface area contributed by atoms with Crippen LogP contribution in [0.4, 0.5) is 24.5 Å². The predicted octanol–water partition coefficient (Wildman–Crippen LogP) is 4.49. The molecule has 11 heteroatoms. The van der Waals surface area contributed by atoms with Gasteiger partial charge in [-0.3, -0.25) is 10.2 Å². The molecule has 1 fully saturated rings. The van der Waals surface area contributed by atoms with E-state index in [0.29, 0.717) is 31.2 Å². The summed E-state index contributed by atoms with van der Waals surface area (Å²) in [7, 11) is 0. The summed E-state index contributed by atoms with van der Waals surface area (Å²) >= 11 is 0. The molecule has 0 bridgehead atoms. The first-order valence-corrected chi connectivity index (χ1v) is 10.8. The van der Waals surface area contributed by atoms with E-state index < -0.39 is 23.4 Å². The van der Waals surface area contributed by atoms with E-state index in [1.54, 1.807) is 24.4 Å². The van der Waals surface area contributed by atoms with Gasteiger partial charge in [0.25, 0.3) is 5.91 Å². The molecule has 1 aromatic carbocycles. The number of pyridine rings is 1. The Hall–Kier alpha value is -3.99. The standard InChI is InChI=1S/C24H23F3N6O2.H2/c1-15-2-3-18(31-23(34)16(13-28)11-21(29)24(25,26)27)12-19(15)17-10-20(32-6-8-35-9-7-32)22-30-4-5-33(22)14-17;/h2-5,10-14,28-29H,6-9H2,1H3,(H,31,34);1H/b16-11+,28-13?,29-21?;. The van der Waals surface area contributed by atoms with Crippen LogP contribution in [-0.2, 0) is 9.53 Å². The quantitative estimate of drug-likeness (QED) is 0.353. The summed E-state index contributed by atoms with van der Waals surface area (Å²) in [4.78, 5) is 19.2. The number of morpholine rings is 1. The van der Waals surface area contributed by atoms with Crippen molar-refractivity contribution in [2.45, 2.75) is 13.1 Å². The average molecular weight is 486 g/mol. The molecule has 3 heterocycles. The van der Waals surface area contributed by atoms with Gasteiger partial charge in [0.1, 0.15) is 5.71 Å². The Kier molecular flexibility index (Phi) is 6.70. The fourth-order valence-corrected chi connectivity index (χ4v) is 3.82. The van der Waals surface area contributed by atoms with Gasteiger partial charge in [-0.15, -0.1) is 0 Å². The second kappa shape index (κ2) is 9.71. The Morgan fingerprint density at radius 2 is 2.00 bits per heavy atom. The van der Waals surface area contributed by atoms with E-state index in [1.807, 2.05) is 29.8 Å². The van der Waals surface area contributed by atoms with Gasteiger partial charge in [0.15, 0.2) is 5.65 Å². The van der Waals surface area contributed by atoms with Crippen molar-refractivity contribution in [2.75, 3.05) is 36.5 Å². The van der Waals surface area contributed by atoms with Gasteiger partial charge in [0.2, 0.25) is 0 Å². The Bertz CT molecular complexity index is 1330. The van der Waals surface area contributed by atoms with E-state index >= 15 is 0 Å². The second-order valence-corrected chi connectivity index (χ2v) is 8.01. The summed E-state index contributed by atoms with van der Waals surface area (Å²) < 4.78 is 45.4. The molecular formula is C24H25F3N6O2. The number of hydrogen-bond donors (Lipinski definition) is 3. The number of hydrogen-bond acceptors (Lipinski definition) is 6. The number of nitrogens with zero attached hydrogens (tertiary/aromatic N) is 3. The lowest BCUT2D eigenvalue weighted by Gasteiger charge is -2.29. The van der Waals surface area contributed by atoms with Crippen molar-refractivity contribution in [2.24, 2.45) is 0 Å². The number of benzene rings is 1. The molecule has 0 saturated carbocycles. The topological polar surface area (TPSA) is 107 Å². The molecule has 3 N–H and O–H groups in total. The molecule has 0 aliphatic carbocycles. The fraction of sp³-hybridized carbons (Fsp3) is 0.250. The minimum atomic E-state index is -4.91. The summed E-state index contributed by atoms with van der Waals surface area (Å²) in [5.74, 6) is -0.914. The monoisotopic (exact) mass is 486 g/mol. The van der Waals surface area contributed by atoms with Crippen LogP contribution in [0.25, 0.3) is 16.8 Å². The van der Waals surface area contributed by atoms with E-state index in [-0.39, 0.29) is 1.43 Å². The van der Waals surface area contributed by atoms with Gasteiger partial charge >= 0.3 is 6.18 Å². The molecule has 1 aliphatic rings. The van der Waals surface area contributed by atoms with E-state index in [9.17, 15) is 18.0 Å². The third-order valence-electron chi connectivity index (χ3n) is 5.65. The maximum Gasteiger partial charge on any atom is 0.432 e. The first-order valence-electron chi connectivity index (χ1n) is 10.8. The number of nitrogens with one attached hydrogen (secondary N) is 3. The maximum absolute atomic E-state index is 12.7. The molecule has 8 nitrogen and oxygen atoms in total. The molecule has 35 heavy (non-hydrogen) atoms. The first kappa shape index (κ1) is 24.1. The van der Waals surface area contributed by atoms with Crippen molar-refractivity contribution in [3.05, 3.63) is 60.1 Å². The van der Waals surface area contributed by atoms with Crippen LogP contribution in [0.3, 0.4) is 0 Å². The zero-order valence-corrected chi connectivity index (χ0v) is 18.8. The van der Waals surface area contributed by atoms with Gasteiger partial charge in [0, 0.05) is 50.6 Å². The number of imidazole rings is 1. The Morgan fingerprint density at radius 3 is 2.69 bits per heavy atom. The number of allylic oxidation sites excluding steroid dienone is 1. The molecule has 0 spiro atoms. The molecule has 2 aromatic heterocycles. The lowest BCUT2D eigenvalue weighted by atomic mass is 10.0. The van der Waals surface area contributed by atoms with Crippen LogP contribution in [0.15, 0.2) is 54.5 Å². The van der Waals surface area contributed by atoms with E-state index in [2.05, 4.69) is 15.2 Å². The summed E-state index contributed by atoms with van der Waals surface area (Å²) in [5.41, 5.74) is 2.43. The molecule has 184 valence electrons. The van der Waals surface area contributed by atoms with Crippen LogP contribution in [0, 0.1) is 17.7 Å². The fourth-order valence-electron chi connectivity index (χ4n) is 3.82. The number of ether oxygens (including phenoxy) is 1. The number of carbonyl (C=O) groups excluding carboxylic acids is 1. The number of rotatable bonds is 6. The lowest BCUT2D eigenvalue weighted by molar-refractivity contribution is -0.112. The molecule has 0 radical (unpaired) electrons. The minimum Gasteiger partial charge on any atom is -0.378 e. The largest absolute Gasteiger partial charge is 0.432 e. The highest BCUT2D eigenvalue weighted by Crippen LogP contribution is 2.32. The highest BCUT2D eigenvalue weighted by Gasteiger charge is 2.33. The molecule has 1 aliphatic heterocycles. The van der Waals surface area contributed by atoms with Gasteiger partial charge < -0.3 is 24.8 Å². The zero-order valence-electron chi connectivity index (χ0n) is 18.8. The summed E-state index contributed by atoms with van der Waals surface area (Å²) in [6.07, 6.45) is 1.41. The number of fused-ring (bicyclic) bond motifs is 1. The van der Waals surface area contributed by atoms with E-state index in [1.165, 1.54) is 0 Å². The molecule has 0 unspecified atom stereocenters. The van der Waals surface area contributed by atoms with Crippen molar-refractivity contribution in [1.82, 2.24) is 9.38 Å². The smallest absolute Gasteiger partial charge is 0.378 e. The normalized spacial score (nSPS) is 14.7. The number of carbonyl (C=O) groups is 1. The molecule has 4 rings (SSSR count). The molecule has 1 amide bonds. The van der Waals surface area contributed by atoms with E-state index in [4.69, 9.17) is 15.6 Å². The van der Waals surface area contributed by atoms with Crippen LogP contribution >= 0.6 is 0 Å². The third-order valence-corrected chi connectivity index (χ3v) is 5.65. The number of halogens is 3. The van der Waals surface area contributed by atoms with Gasteiger partial charge in [-0.25, -0.2) is 4.98 Å². The predicted molar refractivity (Wildman–Crippen MR) is 130 cm³/mol. The maximum atomic E-state index is 12.7. The first-order chi connectivity index (χ1) is 16.7. The van der Waals surface area contributed by atoms with Gasteiger partial charge in [-0.2, -0.15) is 13.2 Å². The van der Waals surface area contributed by atoms with Gasteiger partial charge in [-0.05, 0) is 42.3 Å². The lowest BCUT2D eigenvalue weighted by Crippen LogP contribution is -2.36. The van der Waals surface area contributed by atoms with Crippen LogP contribution < -0.4 is 10.2 Å². The molecule has 0 atom stereocenters. The number of aromatic nitrogens is 2. The molecular weight excluding hydrogens is 461 g/mol. The Balaban J connectivity index is 0.00000361. The highest BCUT2D eigenvalue weighted by molar-refractivity contribution is 6.21. The summed E-state index contributed by atoms with van der Waals surface area (Å²) in [6.45, 7) is 4.61. The van der Waals surface area contributed by atoms with Gasteiger partial charge in [0.05, 0.1) is 24.5 Å². The number of alkyl halides is 3. The van der Waals surface area contributed by atoms with Crippen molar-refractivity contribution in [3.8, 4) is 11.1 Å². The molecule has 3 aromatic rings. The number of aryl methyl sites for hydroxylation is 1. The summed E-state index contributed by atoms with van der Waals surface area (Å²) in [6, 6.07) is 7.18. The van der Waals surface area contributed by atoms with Crippen molar-refractivity contribution in [3.63, 3.8) is 0 Å². The van der Waals surface area contributed by atoms with Crippen LogP contribution in [0.1, 0.15) is 6.99 Å². The SMILES string of the molecule is Cc1ccc(NC(=O)/C(C=N)=C/C(=N)C(F)(F)F)cc1-c1cc(N2CCOCC2)c2nccn2c1.[HH]. The highest BCUT2D eigenvalue weighted by atomic mass is 19.4. The van der Waals surface area contributed by atoms with Crippen molar-refractivity contribution < 1.29 is 24.1 Å². The number of amides is 1. The van der Waals surface area contributed by atoms with E-state index in [0.717, 1.165) is 41.1 Å². The summed E-state index contributed by atoms with van der Waals surface area (Å²) in [5, 5.41) is 16.9. The second-order valence-electron chi connectivity index (χ2n) is 8.01. The van der Waals surface area contributed by atoms with Crippen molar-refractivity contribution >= 4 is 34.9 Å². The number of anilines is 2. The minimum absolute atomic E-state index is 0.